The van der Waals surface area contributed by atoms with Crippen molar-refractivity contribution in [1.82, 2.24) is 4.90 Å². The van der Waals surface area contributed by atoms with Crippen LogP contribution in [0.25, 0.3) is 0 Å². The van der Waals surface area contributed by atoms with Gasteiger partial charge in [-0.2, -0.15) is 0 Å². The number of rotatable bonds is 4. The maximum Gasteiger partial charge on any atom is 0.239 e. The SMILES string of the molecule is CCC(N)C(=O)N(C)Cc1cccc(Br)c1. The lowest BCUT2D eigenvalue weighted by Crippen LogP contribution is -2.40. The summed E-state index contributed by atoms with van der Waals surface area (Å²) >= 11 is 3.40. The van der Waals surface area contributed by atoms with E-state index in [4.69, 9.17) is 5.73 Å². The van der Waals surface area contributed by atoms with Gasteiger partial charge in [-0.05, 0) is 24.1 Å². The van der Waals surface area contributed by atoms with Gasteiger partial charge in [0, 0.05) is 18.1 Å². The van der Waals surface area contributed by atoms with Crippen molar-refractivity contribution in [2.24, 2.45) is 5.73 Å². The molecule has 2 N–H and O–H groups in total. The van der Waals surface area contributed by atoms with Gasteiger partial charge in [0.05, 0.1) is 6.04 Å². The van der Waals surface area contributed by atoms with Gasteiger partial charge in [0.25, 0.3) is 0 Å². The summed E-state index contributed by atoms with van der Waals surface area (Å²) in [6, 6.07) is 7.52. The van der Waals surface area contributed by atoms with Gasteiger partial charge in [0.1, 0.15) is 0 Å². The fourth-order valence-electron chi connectivity index (χ4n) is 1.44. The number of carbonyl (C=O) groups excluding carboxylic acids is 1. The lowest BCUT2D eigenvalue weighted by Gasteiger charge is -2.20. The van der Waals surface area contributed by atoms with Crippen LogP contribution in [-0.4, -0.2) is 23.9 Å². The van der Waals surface area contributed by atoms with Gasteiger partial charge in [0.2, 0.25) is 5.91 Å². The Morgan fingerprint density at radius 3 is 2.81 bits per heavy atom. The molecule has 1 aromatic rings. The van der Waals surface area contributed by atoms with Crippen LogP contribution in [0, 0.1) is 0 Å². The van der Waals surface area contributed by atoms with Crippen molar-refractivity contribution in [2.45, 2.75) is 25.9 Å². The fourth-order valence-corrected chi connectivity index (χ4v) is 1.89. The lowest BCUT2D eigenvalue weighted by atomic mass is 10.2. The monoisotopic (exact) mass is 284 g/mol. The first-order chi connectivity index (χ1) is 7.54. The maximum absolute atomic E-state index is 11.8. The molecule has 0 radical (unpaired) electrons. The van der Waals surface area contributed by atoms with Gasteiger partial charge < -0.3 is 10.6 Å². The largest absolute Gasteiger partial charge is 0.340 e. The molecule has 4 heteroatoms. The number of benzene rings is 1. The van der Waals surface area contributed by atoms with E-state index in [0.29, 0.717) is 13.0 Å². The van der Waals surface area contributed by atoms with Crippen LogP contribution in [0.5, 0.6) is 0 Å². The topological polar surface area (TPSA) is 46.3 Å². The highest BCUT2D eigenvalue weighted by molar-refractivity contribution is 9.10. The summed E-state index contributed by atoms with van der Waals surface area (Å²) in [5, 5.41) is 0. The average molecular weight is 285 g/mol. The van der Waals surface area contributed by atoms with Gasteiger partial charge in [0.15, 0.2) is 0 Å². The molecule has 0 saturated carbocycles. The molecule has 0 heterocycles. The lowest BCUT2D eigenvalue weighted by molar-refractivity contribution is -0.131. The molecule has 0 aliphatic rings. The van der Waals surface area contributed by atoms with Crippen molar-refractivity contribution < 1.29 is 4.79 Å². The van der Waals surface area contributed by atoms with Crippen LogP contribution in [0.1, 0.15) is 18.9 Å². The molecular formula is C12H17BrN2O. The number of likely N-dealkylation sites (N-methyl/N-ethyl adjacent to an activating group) is 1. The van der Waals surface area contributed by atoms with Crippen molar-refractivity contribution in [3.05, 3.63) is 34.3 Å². The molecule has 0 aliphatic carbocycles. The quantitative estimate of drug-likeness (QED) is 0.921. The first kappa shape index (κ1) is 13.2. The molecule has 0 aromatic heterocycles. The predicted molar refractivity (Wildman–Crippen MR) is 68.9 cm³/mol. The number of nitrogens with two attached hydrogens (primary N) is 1. The van der Waals surface area contributed by atoms with Crippen LogP contribution in [0.3, 0.4) is 0 Å². The van der Waals surface area contributed by atoms with Crippen LogP contribution in [0.15, 0.2) is 28.7 Å². The minimum absolute atomic E-state index is 0.0116. The van der Waals surface area contributed by atoms with Gasteiger partial charge in [-0.1, -0.05) is 35.0 Å². The zero-order chi connectivity index (χ0) is 12.1. The van der Waals surface area contributed by atoms with Gasteiger partial charge in [-0.15, -0.1) is 0 Å². The van der Waals surface area contributed by atoms with E-state index in [9.17, 15) is 4.79 Å². The van der Waals surface area contributed by atoms with Crippen LogP contribution in [0.4, 0.5) is 0 Å². The van der Waals surface area contributed by atoms with Crippen LogP contribution in [-0.2, 0) is 11.3 Å². The van der Waals surface area contributed by atoms with Crippen molar-refractivity contribution in [3.63, 3.8) is 0 Å². The molecule has 0 spiro atoms. The summed E-state index contributed by atoms with van der Waals surface area (Å²) in [4.78, 5) is 13.4. The number of hydrogen-bond acceptors (Lipinski definition) is 2. The van der Waals surface area contributed by atoms with Crippen molar-refractivity contribution in [1.29, 1.82) is 0 Å². The highest BCUT2D eigenvalue weighted by Crippen LogP contribution is 2.13. The Kier molecular flexibility index (Phi) is 4.96. The molecule has 0 saturated heterocycles. The Morgan fingerprint density at radius 1 is 1.56 bits per heavy atom. The Bertz CT molecular complexity index is 368. The molecular weight excluding hydrogens is 268 g/mol. The second-order valence-electron chi connectivity index (χ2n) is 3.84. The smallest absolute Gasteiger partial charge is 0.239 e. The van der Waals surface area contributed by atoms with E-state index in [1.165, 1.54) is 0 Å². The van der Waals surface area contributed by atoms with E-state index < -0.39 is 6.04 Å². The van der Waals surface area contributed by atoms with E-state index >= 15 is 0 Å². The van der Waals surface area contributed by atoms with Crippen LogP contribution < -0.4 is 5.73 Å². The van der Waals surface area contributed by atoms with Crippen LogP contribution in [0.2, 0.25) is 0 Å². The summed E-state index contributed by atoms with van der Waals surface area (Å²) < 4.78 is 1.02. The Hall–Kier alpha value is -0.870. The second-order valence-corrected chi connectivity index (χ2v) is 4.75. The van der Waals surface area contributed by atoms with E-state index in [2.05, 4.69) is 15.9 Å². The molecule has 0 fully saturated rings. The van der Waals surface area contributed by atoms with E-state index in [1.54, 1.807) is 11.9 Å². The molecule has 0 bridgehead atoms. The molecule has 88 valence electrons. The number of nitrogens with zero attached hydrogens (tertiary/aromatic N) is 1. The maximum atomic E-state index is 11.8. The highest BCUT2D eigenvalue weighted by Gasteiger charge is 2.15. The second kappa shape index (κ2) is 6.01. The fraction of sp³-hybridized carbons (Fsp3) is 0.417. The van der Waals surface area contributed by atoms with E-state index in [1.807, 2.05) is 31.2 Å². The third-order valence-electron chi connectivity index (χ3n) is 2.44. The summed E-state index contributed by atoms with van der Waals surface area (Å²) in [7, 11) is 1.78. The van der Waals surface area contributed by atoms with Crippen molar-refractivity contribution in [3.8, 4) is 0 Å². The standard InChI is InChI=1S/C12H17BrN2O/c1-3-11(14)12(16)15(2)8-9-5-4-6-10(13)7-9/h4-7,11H,3,8,14H2,1-2H3. The summed E-state index contributed by atoms with van der Waals surface area (Å²) in [6.07, 6.45) is 0.668. The Morgan fingerprint density at radius 2 is 2.25 bits per heavy atom. The molecule has 1 atom stereocenters. The van der Waals surface area contributed by atoms with Crippen molar-refractivity contribution >= 4 is 21.8 Å². The number of hydrogen-bond donors (Lipinski definition) is 1. The number of halogens is 1. The molecule has 0 aliphatic heterocycles. The molecule has 3 nitrogen and oxygen atoms in total. The van der Waals surface area contributed by atoms with Crippen LogP contribution >= 0.6 is 15.9 Å². The minimum Gasteiger partial charge on any atom is -0.340 e. The molecule has 1 amide bonds. The Balaban J connectivity index is 2.64. The third-order valence-corrected chi connectivity index (χ3v) is 2.94. The van der Waals surface area contributed by atoms with E-state index in [0.717, 1.165) is 10.0 Å². The average Bonchev–Trinajstić information content (AvgIpc) is 2.27. The summed E-state index contributed by atoms with van der Waals surface area (Å²) in [5.74, 6) is -0.0116. The van der Waals surface area contributed by atoms with Gasteiger partial charge >= 0.3 is 0 Å². The first-order valence-corrected chi connectivity index (χ1v) is 6.09. The number of amides is 1. The van der Waals surface area contributed by atoms with E-state index in [-0.39, 0.29) is 5.91 Å². The summed E-state index contributed by atoms with van der Waals surface area (Å²) in [5.41, 5.74) is 6.79. The normalized spacial score (nSPS) is 12.2. The predicted octanol–water partition coefficient (Wildman–Crippen LogP) is 2.14. The minimum atomic E-state index is -0.392. The zero-order valence-corrected chi connectivity index (χ0v) is 11.2. The zero-order valence-electron chi connectivity index (χ0n) is 9.61. The summed E-state index contributed by atoms with van der Waals surface area (Å²) in [6.45, 7) is 2.50. The highest BCUT2D eigenvalue weighted by atomic mass is 79.9. The molecule has 16 heavy (non-hydrogen) atoms. The third kappa shape index (κ3) is 3.61. The first-order valence-electron chi connectivity index (χ1n) is 5.29. The molecule has 1 rings (SSSR count). The van der Waals surface area contributed by atoms with Gasteiger partial charge in [-0.3, -0.25) is 4.79 Å². The van der Waals surface area contributed by atoms with Gasteiger partial charge in [-0.25, -0.2) is 0 Å². The Labute approximate surface area is 105 Å². The molecule has 1 aromatic carbocycles. The number of carbonyl (C=O) groups is 1. The molecule has 1 unspecified atom stereocenters. The van der Waals surface area contributed by atoms with Crippen molar-refractivity contribution in [2.75, 3.05) is 7.05 Å².